The molecule has 1 aromatic rings. The minimum atomic E-state index is 0.517. The highest BCUT2D eigenvalue weighted by Crippen LogP contribution is 2.25. The molecule has 0 bridgehead atoms. The number of rotatable bonds is 8. The Morgan fingerprint density at radius 2 is 1.73 bits per heavy atom. The van der Waals surface area contributed by atoms with Crippen LogP contribution in [0.25, 0.3) is 0 Å². The smallest absolute Gasteiger partial charge is 0.121 e. The molecule has 0 unspecified atom stereocenters. The second-order valence-electron chi connectivity index (χ2n) is 6.39. The maximum atomic E-state index is 10.4. The third kappa shape index (κ3) is 5.59. The zero-order chi connectivity index (χ0) is 15.8. The SMILES string of the molecule is CN(C)CCCc1cccc(CCCN2CCOCC2)c1O. The van der Waals surface area contributed by atoms with E-state index < -0.39 is 0 Å². The van der Waals surface area contributed by atoms with Crippen LogP contribution >= 0.6 is 0 Å². The molecular formula is C18H30N2O2. The summed E-state index contributed by atoms with van der Waals surface area (Å²) in [6, 6.07) is 6.19. The minimum Gasteiger partial charge on any atom is -0.507 e. The number of benzene rings is 1. The molecule has 1 N–H and O–H groups in total. The molecule has 0 aliphatic carbocycles. The highest BCUT2D eigenvalue weighted by atomic mass is 16.5. The largest absolute Gasteiger partial charge is 0.507 e. The number of aromatic hydroxyl groups is 1. The summed E-state index contributed by atoms with van der Waals surface area (Å²) in [5.41, 5.74) is 2.18. The summed E-state index contributed by atoms with van der Waals surface area (Å²) >= 11 is 0. The van der Waals surface area contributed by atoms with Gasteiger partial charge in [0.15, 0.2) is 0 Å². The molecule has 1 heterocycles. The van der Waals surface area contributed by atoms with E-state index >= 15 is 0 Å². The minimum absolute atomic E-state index is 0.517. The van der Waals surface area contributed by atoms with Crippen LogP contribution in [0.2, 0.25) is 0 Å². The van der Waals surface area contributed by atoms with Crippen molar-refractivity contribution in [3.63, 3.8) is 0 Å². The molecule has 0 amide bonds. The molecule has 1 aliphatic heterocycles. The lowest BCUT2D eigenvalue weighted by Gasteiger charge is -2.26. The van der Waals surface area contributed by atoms with Crippen molar-refractivity contribution >= 4 is 0 Å². The van der Waals surface area contributed by atoms with Crippen LogP contribution < -0.4 is 0 Å². The first-order valence-electron chi connectivity index (χ1n) is 8.41. The number of nitrogens with zero attached hydrogens (tertiary/aromatic N) is 2. The van der Waals surface area contributed by atoms with Crippen molar-refractivity contribution in [2.24, 2.45) is 0 Å². The first kappa shape index (κ1) is 17.3. The van der Waals surface area contributed by atoms with Gasteiger partial charge in [-0.2, -0.15) is 0 Å². The van der Waals surface area contributed by atoms with E-state index in [1.54, 1.807) is 0 Å². The van der Waals surface area contributed by atoms with E-state index in [1.165, 1.54) is 0 Å². The van der Waals surface area contributed by atoms with Gasteiger partial charge in [0.05, 0.1) is 13.2 Å². The van der Waals surface area contributed by atoms with Crippen LogP contribution in [-0.4, -0.2) is 68.4 Å². The zero-order valence-electron chi connectivity index (χ0n) is 14.1. The Labute approximate surface area is 134 Å². The van der Waals surface area contributed by atoms with Crippen LogP contribution in [0.15, 0.2) is 18.2 Å². The van der Waals surface area contributed by atoms with Gasteiger partial charge in [0.2, 0.25) is 0 Å². The van der Waals surface area contributed by atoms with Gasteiger partial charge in [0.25, 0.3) is 0 Å². The van der Waals surface area contributed by atoms with E-state index in [2.05, 4.69) is 42.1 Å². The van der Waals surface area contributed by atoms with E-state index in [-0.39, 0.29) is 0 Å². The quantitative estimate of drug-likeness (QED) is 0.798. The van der Waals surface area contributed by atoms with Gasteiger partial charge in [-0.3, -0.25) is 4.90 Å². The number of ether oxygens (including phenoxy) is 1. The number of morpholine rings is 1. The predicted molar refractivity (Wildman–Crippen MR) is 90.6 cm³/mol. The molecule has 4 nitrogen and oxygen atoms in total. The lowest BCUT2D eigenvalue weighted by Crippen LogP contribution is -2.36. The van der Waals surface area contributed by atoms with Crippen LogP contribution in [0.5, 0.6) is 5.75 Å². The van der Waals surface area contributed by atoms with Crippen molar-refractivity contribution < 1.29 is 9.84 Å². The fourth-order valence-corrected chi connectivity index (χ4v) is 2.95. The fraction of sp³-hybridized carbons (Fsp3) is 0.667. The highest BCUT2D eigenvalue weighted by Gasteiger charge is 2.11. The van der Waals surface area contributed by atoms with E-state index in [9.17, 15) is 5.11 Å². The van der Waals surface area contributed by atoms with Gasteiger partial charge in [-0.25, -0.2) is 0 Å². The Kier molecular flexibility index (Phi) is 7.16. The van der Waals surface area contributed by atoms with Gasteiger partial charge in [0.1, 0.15) is 5.75 Å². The lowest BCUT2D eigenvalue weighted by molar-refractivity contribution is 0.0374. The molecule has 0 spiro atoms. The highest BCUT2D eigenvalue weighted by molar-refractivity contribution is 5.40. The summed E-state index contributed by atoms with van der Waals surface area (Å²) in [6.07, 6.45) is 4.07. The Hall–Kier alpha value is -1.10. The van der Waals surface area contributed by atoms with Gasteiger partial charge in [0, 0.05) is 13.1 Å². The summed E-state index contributed by atoms with van der Waals surface area (Å²) in [5.74, 6) is 0.517. The second-order valence-corrected chi connectivity index (χ2v) is 6.39. The van der Waals surface area contributed by atoms with Crippen molar-refractivity contribution in [3.8, 4) is 5.75 Å². The van der Waals surface area contributed by atoms with E-state index in [0.29, 0.717) is 5.75 Å². The average molecular weight is 306 g/mol. The van der Waals surface area contributed by atoms with Gasteiger partial charge in [-0.1, -0.05) is 18.2 Å². The molecule has 0 saturated carbocycles. The van der Waals surface area contributed by atoms with E-state index in [4.69, 9.17) is 4.74 Å². The third-order valence-electron chi connectivity index (χ3n) is 4.28. The molecule has 0 aromatic heterocycles. The molecule has 22 heavy (non-hydrogen) atoms. The molecule has 0 radical (unpaired) electrons. The molecule has 4 heteroatoms. The van der Waals surface area contributed by atoms with E-state index in [1.807, 2.05) is 0 Å². The van der Waals surface area contributed by atoms with Crippen LogP contribution in [0.3, 0.4) is 0 Å². The zero-order valence-corrected chi connectivity index (χ0v) is 14.1. The van der Waals surface area contributed by atoms with Crippen LogP contribution in [0, 0.1) is 0 Å². The van der Waals surface area contributed by atoms with Crippen LogP contribution in [-0.2, 0) is 17.6 Å². The number of hydrogen-bond acceptors (Lipinski definition) is 4. The predicted octanol–water partition coefficient (Wildman–Crippen LogP) is 2.15. The van der Waals surface area contributed by atoms with Gasteiger partial charge >= 0.3 is 0 Å². The van der Waals surface area contributed by atoms with Crippen molar-refractivity contribution in [2.45, 2.75) is 25.7 Å². The van der Waals surface area contributed by atoms with Crippen molar-refractivity contribution in [3.05, 3.63) is 29.3 Å². The summed E-state index contributed by atoms with van der Waals surface area (Å²) in [6.45, 7) is 5.93. The molecule has 2 rings (SSSR count). The Balaban J connectivity index is 1.80. The molecule has 1 saturated heterocycles. The summed E-state index contributed by atoms with van der Waals surface area (Å²) in [5, 5.41) is 10.4. The standard InChI is InChI=1S/C18H30N2O2/c1-19(2)10-4-8-16-6-3-7-17(18(16)21)9-5-11-20-12-14-22-15-13-20/h3,6-7,21H,4-5,8-15H2,1-2H3. The number of aryl methyl sites for hydroxylation is 2. The number of phenolic OH excluding ortho intramolecular Hbond substituents is 1. The first-order valence-corrected chi connectivity index (χ1v) is 8.41. The maximum absolute atomic E-state index is 10.4. The third-order valence-corrected chi connectivity index (χ3v) is 4.28. The maximum Gasteiger partial charge on any atom is 0.121 e. The Bertz CT molecular complexity index is 443. The van der Waals surface area contributed by atoms with Gasteiger partial charge in [-0.15, -0.1) is 0 Å². The van der Waals surface area contributed by atoms with E-state index in [0.717, 1.165) is 76.2 Å². The summed E-state index contributed by atoms with van der Waals surface area (Å²) in [4.78, 5) is 4.63. The molecule has 124 valence electrons. The molecule has 0 atom stereocenters. The van der Waals surface area contributed by atoms with Crippen LogP contribution in [0.4, 0.5) is 0 Å². The number of phenols is 1. The lowest BCUT2D eigenvalue weighted by atomic mass is 10.0. The second kappa shape index (κ2) is 9.13. The summed E-state index contributed by atoms with van der Waals surface area (Å²) in [7, 11) is 4.17. The molecular weight excluding hydrogens is 276 g/mol. The van der Waals surface area contributed by atoms with Gasteiger partial charge < -0.3 is 14.7 Å². The Morgan fingerprint density at radius 3 is 2.36 bits per heavy atom. The average Bonchev–Trinajstić information content (AvgIpc) is 2.51. The molecule has 1 aromatic carbocycles. The fourth-order valence-electron chi connectivity index (χ4n) is 2.95. The molecule has 1 fully saturated rings. The topological polar surface area (TPSA) is 35.9 Å². The van der Waals surface area contributed by atoms with Crippen LogP contribution in [0.1, 0.15) is 24.0 Å². The normalized spacial score (nSPS) is 16.3. The number of para-hydroxylation sites is 1. The summed E-state index contributed by atoms with van der Waals surface area (Å²) < 4.78 is 5.37. The molecule has 1 aliphatic rings. The number of hydrogen-bond donors (Lipinski definition) is 1. The monoisotopic (exact) mass is 306 g/mol. The Morgan fingerprint density at radius 1 is 1.09 bits per heavy atom. The van der Waals surface area contributed by atoms with Gasteiger partial charge in [-0.05, 0) is 64.0 Å². The van der Waals surface area contributed by atoms with Crippen molar-refractivity contribution in [2.75, 3.05) is 53.5 Å². The van der Waals surface area contributed by atoms with Crippen molar-refractivity contribution in [1.29, 1.82) is 0 Å². The van der Waals surface area contributed by atoms with Crippen molar-refractivity contribution in [1.82, 2.24) is 9.80 Å². The first-order chi connectivity index (χ1) is 10.7.